The quantitative estimate of drug-likeness (QED) is 0.881. The molecule has 100 valence electrons. The second-order valence-corrected chi connectivity index (χ2v) is 5.07. The molecule has 1 heterocycles. The van der Waals surface area contributed by atoms with Gasteiger partial charge in [-0.3, -0.25) is 9.89 Å². The smallest absolute Gasteiger partial charge is 0.256 e. The van der Waals surface area contributed by atoms with Gasteiger partial charge in [0, 0.05) is 16.9 Å². The number of nitrogens with one attached hydrogen (secondary N) is 2. The van der Waals surface area contributed by atoms with Crippen LogP contribution in [0.15, 0.2) is 30.5 Å². The van der Waals surface area contributed by atoms with E-state index in [0.29, 0.717) is 11.4 Å². The van der Waals surface area contributed by atoms with Gasteiger partial charge in [-0.15, -0.1) is 0 Å². The fourth-order valence-electron chi connectivity index (χ4n) is 1.79. The third-order valence-electron chi connectivity index (χ3n) is 2.86. The van der Waals surface area contributed by atoms with Crippen LogP contribution in [0.2, 0.25) is 0 Å². The maximum Gasteiger partial charge on any atom is 0.256 e. The number of hydrogen-bond donors (Lipinski definition) is 2. The maximum atomic E-state index is 12.1. The molecule has 0 aliphatic heterocycles. The Morgan fingerprint density at radius 1 is 1.37 bits per heavy atom. The molecular weight excluding hydrogens is 258 g/mol. The Balaban J connectivity index is 2.07. The van der Waals surface area contributed by atoms with E-state index in [4.69, 9.17) is 0 Å². The number of anilines is 1. The minimum atomic E-state index is -0.116. The number of thioether (sulfide) groups is 1. The second kappa shape index (κ2) is 6.43. The summed E-state index contributed by atoms with van der Waals surface area (Å²) < 4.78 is 0. The number of hydrogen-bond acceptors (Lipinski definition) is 3. The molecule has 0 spiro atoms. The molecule has 0 radical (unpaired) electrons. The highest BCUT2D eigenvalue weighted by Crippen LogP contribution is 2.14. The lowest BCUT2D eigenvalue weighted by molar-refractivity contribution is 0.102. The fourth-order valence-corrected chi connectivity index (χ4v) is 2.32. The van der Waals surface area contributed by atoms with Gasteiger partial charge in [0.2, 0.25) is 0 Å². The molecule has 1 aromatic carbocycles. The molecule has 2 aromatic rings. The number of aromatic nitrogens is 2. The molecule has 0 unspecified atom stereocenters. The van der Waals surface area contributed by atoms with Crippen molar-refractivity contribution in [2.75, 3.05) is 11.6 Å². The molecule has 1 amide bonds. The number of carbonyl (C=O) groups is 1. The van der Waals surface area contributed by atoms with Crippen LogP contribution in [-0.2, 0) is 12.2 Å². The van der Waals surface area contributed by atoms with Gasteiger partial charge in [-0.05, 0) is 30.4 Å². The monoisotopic (exact) mass is 275 g/mol. The molecule has 0 saturated carbocycles. The van der Waals surface area contributed by atoms with Crippen molar-refractivity contribution in [3.05, 3.63) is 47.2 Å². The van der Waals surface area contributed by atoms with Crippen LogP contribution in [0, 0.1) is 0 Å². The summed E-state index contributed by atoms with van der Waals surface area (Å²) in [4.78, 5) is 12.1. The van der Waals surface area contributed by atoms with E-state index in [-0.39, 0.29) is 5.91 Å². The molecule has 0 fully saturated rings. The van der Waals surface area contributed by atoms with E-state index in [2.05, 4.69) is 21.8 Å². The van der Waals surface area contributed by atoms with Crippen LogP contribution in [0.3, 0.4) is 0 Å². The minimum Gasteiger partial charge on any atom is -0.307 e. The van der Waals surface area contributed by atoms with Gasteiger partial charge in [-0.25, -0.2) is 0 Å². The summed E-state index contributed by atoms with van der Waals surface area (Å²) in [7, 11) is 0. The maximum absolute atomic E-state index is 12.1. The number of amides is 1. The Hall–Kier alpha value is -1.75. The topological polar surface area (TPSA) is 57.8 Å². The number of H-pyrrole nitrogens is 1. The summed E-state index contributed by atoms with van der Waals surface area (Å²) in [5.74, 6) is 1.53. The SMILES string of the molecule is CCc1cn[nH]c1NC(=O)c1ccc(CSC)cc1. The van der Waals surface area contributed by atoms with Gasteiger partial charge in [0.15, 0.2) is 0 Å². The van der Waals surface area contributed by atoms with Crippen LogP contribution in [-0.4, -0.2) is 22.4 Å². The minimum absolute atomic E-state index is 0.116. The van der Waals surface area contributed by atoms with Gasteiger partial charge in [-0.2, -0.15) is 16.9 Å². The van der Waals surface area contributed by atoms with Crippen molar-refractivity contribution in [3.8, 4) is 0 Å². The molecule has 0 aliphatic rings. The zero-order valence-corrected chi connectivity index (χ0v) is 11.9. The molecule has 5 heteroatoms. The van der Waals surface area contributed by atoms with E-state index in [0.717, 1.165) is 17.7 Å². The van der Waals surface area contributed by atoms with Gasteiger partial charge in [-0.1, -0.05) is 19.1 Å². The van der Waals surface area contributed by atoms with E-state index >= 15 is 0 Å². The summed E-state index contributed by atoms with van der Waals surface area (Å²) in [5, 5.41) is 9.59. The van der Waals surface area contributed by atoms with Crippen molar-refractivity contribution in [2.24, 2.45) is 0 Å². The van der Waals surface area contributed by atoms with Crippen LogP contribution in [0.4, 0.5) is 5.82 Å². The molecule has 0 atom stereocenters. The number of carbonyl (C=O) groups excluding carboxylic acids is 1. The molecular formula is C14H17N3OS. The van der Waals surface area contributed by atoms with Gasteiger partial charge in [0.1, 0.15) is 5.82 Å². The first-order chi connectivity index (χ1) is 9.24. The van der Waals surface area contributed by atoms with E-state index in [1.807, 2.05) is 31.2 Å². The van der Waals surface area contributed by atoms with E-state index < -0.39 is 0 Å². The molecule has 0 aliphatic carbocycles. The van der Waals surface area contributed by atoms with Crippen LogP contribution in [0.1, 0.15) is 28.4 Å². The normalized spacial score (nSPS) is 10.4. The highest BCUT2D eigenvalue weighted by molar-refractivity contribution is 7.97. The average molecular weight is 275 g/mol. The molecule has 2 rings (SSSR count). The molecule has 2 N–H and O–H groups in total. The van der Waals surface area contributed by atoms with Crippen molar-refractivity contribution in [3.63, 3.8) is 0 Å². The molecule has 19 heavy (non-hydrogen) atoms. The number of rotatable bonds is 5. The first-order valence-electron chi connectivity index (χ1n) is 6.16. The van der Waals surface area contributed by atoms with Crippen LogP contribution in [0.5, 0.6) is 0 Å². The summed E-state index contributed by atoms with van der Waals surface area (Å²) in [6.07, 6.45) is 4.63. The highest BCUT2D eigenvalue weighted by Gasteiger charge is 2.09. The summed E-state index contributed by atoms with van der Waals surface area (Å²) in [5.41, 5.74) is 2.88. The number of aromatic amines is 1. The largest absolute Gasteiger partial charge is 0.307 e. The lowest BCUT2D eigenvalue weighted by Gasteiger charge is -2.05. The highest BCUT2D eigenvalue weighted by atomic mass is 32.2. The molecule has 0 bridgehead atoms. The van der Waals surface area contributed by atoms with Crippen molar-refractivity contribution >= 4 is 23.5 Å². The first-order valence-corrected chi connectivity index (χ1v) is 7.55. The molecule has 1 aromatic heterocycles. The van der Waals surface area contributed by atoms with Crippen molar-refractivity contribution in [1.82, 2.24) is 10.2 Å². The van der Waals surface area contributed by atoms with Gasteiger partial charge >= 0.3 is 0 Å². The lowest BCUT2D eigenvalue weighted by Crippen LogP contribution is -2.13. The number of nitrogens with zero attached hydrogens (tertiary/aromatic N) is 1. The summed E-state index contributed by atoms with van der Waals surface area (Å²) >= 11 is 1.76. The van der Waals surface area contributed by atoms with Crippen LogP contribution in [0.25, 0.3) is 0 Å². The van der Waals surface area contributed by atoms with Crippen LogP contribution >= 0.6 is 11.8 Å². The Labute approximate surface area is 117 Å². The van der Waals surface area contributed by atoms with Crippen LogP contribution < -0.4 is 5.32 Å². The van der Waals surface area contributed by atoms with E-state index in [1.54, 1.807) is 18.0 Å². The summed E-state index contributed by atoms with van der Waals surface area (Å²) in [6.45, 7) is 2.03. The first kappa shape index (κ1) is 13.7. The van der Waals surface area contributed by atoms with Crippen molar-refractivity contribution < 1.29 is 4.79 Å². The predicted octanol–water partition coefficient (Wildman–Crippen LogP) is 3.09. The standard InChI is InChI=1S/C14H17N3OS/c1-3-11-8-15-17-13(11)16-14(18)12-6-4-10(5-7-12)9-19-2/h4-8H,3,9H2,1-2H3,(H2,15,16,17,18). The molecule has 0 saturated heterocycles. The Kier molecular flexibility index (Phi) is 4.63. The Morgan fingerprint density at radius 3 is 2.74 bits per heavy atom. The van der Waals surface area contributed by atoms with Crippen molar-refractivity contribution in [2.45, 2.75) is 19.1 Å². The summed E-state index contributed by atoms with van der Waals surface area (Å²) in [6, 6.07) is 7.67. The second-order valence-electron chi connectivity index (χ2n) is 4.21. The average Bonchev–Trinajstić information content (AvgIpc) is 2.87. The van der Waals surface area contributed by atoms with E-state index in [1.165, 1.54) is 5.56 Å². The zero-order chi connectivity index (χ0) is 13.7. The van der Waals surface area contributed by atoms with Crippen molar-refractivity contribution in [1.29, 1.82) is 0 Å². The third-order valence-corrected chi connectivity index (χ3v) is 3.49. The fraction of sp³-hybridized carbons (Fsp3) is 0.286. The lowest BCUT2D eigenvalue weighted by atomic mass is 10.1. The third kappa shape index (κ3) is 3.38. The number of benzene rings is 1. The van der Waals surface area contributed by atoms with Gasteiger partial charge in [0.05, 0.1) is 6.20 Å². The zero-order valence-electron chi connectivity index (χ0n) is 11.1. The van der Waals surface area contributed by atoms with Gasteiger partial charge in [0.25, 0.3) is 5.91 Å². The number of aryl methyl sites for hydroxylation is 1. The van der Waals surface area contributed by atoms with E-state index in [9.17, 15) is 4.79 Å². The van der Waals surface area contributed by atoms with Gasteiger partial charge < -0.3 is 5.32 Å². The Bertz CT molecular complexity index is 548. The molecule has 4 nitrogen and oxygen atoms in total. The Morgan fingerprint density at radius 2 is 2.11 bits per heavy atom. The predicted molar refractivity (Wildman–Crippen MR) is 79.6 cm³/mol.